The molecular formula is C15H13N3O2S2. The monoisotopic (exact) mass is 331 g/mol. The van der Waals surface area contributed by atoms with Gasteiger partial charge in [0.05, 0.1) is 11.9 Å². The summed E-state index contributed by atoms with van der Waals surface area (Å²) >= 11 is 1.16. The number of rotatable bonds is 5. The van der Waals surface area contributed by atoms with Gasteiger partial charge in [-0.1, -0.05) is 24.3 Å². The van der Waals surface area contributed by atoms with Gasteiger partial charge in [-0.05, 0) is 35.7 Å². The number of benzene rings is 1. The van der Waals surface area contributed by atoms with Crippen molar-refractivity contribution in [2.45, 2.75) is 4.21 Å². The van der Waals surface area contributed by atoms with E-state index in [2.05, 4.69) is 15.0 Å². The molecule has 0 amide bonds. The Morgan fingerprint density at radius 3 is 2.36 bits per heavy atom. The Bertz CT molecular complexity index is 830. The van der Waals surface area contributed by atoms with Gasteiger partial charge in [0.1, 0.15) is 10.0 Å². The maximum absolute atomic E-state index is 12.1. The zero-order valence-corrected chi connectivity index (χ0v) is 13.1. The molecule has 0 unspecified atom stereocenters. The molecule has 0 aliphatic rings. The second-order valence-electron chi connectivity index (χ2n) is 4.46. The Morgan fingerprint density at radius 1 is 0.909 bits per heavy atom. The number of nitrogens with zero attached hydrogens (tertiary/aromatic N) is 1. The summed E-state index contributed by atoms with van der Waals surface area (Å²) in [7, 11) is -3.56. The minimum absolute atomic E-state index is 0.265. The van der Waals surface area contributed by atoms with Gasteiger partial charge in [0.2, 0.25) is 0 Å². The summed E-state index contributed by atoms with van der Waals surface area (Å²) in [6.45, 7) is 0. The minimum atomic E-state index is -3.56. The van der Waals surface area contributed by atoms with E-state index < -0.39 is 10.0 Å². The van der Waals surface area contributed by atoms with Gasteiger partial charge in [-0.3, -0.25) is 4.72 Å². The maximum Gasteiger partial charge on any atom is 0.272 e. The van der Waals surface area contributed by atoms with E-state index in [0.29, 0.717) is 0 Å². The molecule has 2 N–H and O–H groups in total. The zero-order valence-electron chi connectivity index (χ0n) is 11.4. The molecule has 0 saturated heterocycles. The summed E-state index contributed by atoms with van der Waals surface area (Å²) in [4.78, 5) is 4.12. The fourth-order valence-electron chi connectivity index (χ4n) is 1.82. The van der Waals surface area contributed by atoms with Gasteiger partial charge < -0.3 is 5.32 Å². The molecular weight excluding hydrogens is 318 g/mol. The topological polar surface area (TPSA) is 71.1 Å². The highest BCUT2D eigenvalue weighted by atomic mass is 32.2. The number of nitrogens with one attached hydrogen (secondary N) is 2. The molecule has 1 aromatic carbocycles. The summed E-state index contributed by atoms with van der Waals surface area (Å²) in [6, 6.07) is 16.3. The lowest BCUT2D eigenvalue weighted by atomic mass is 10.3. The van der Waals surface area contributed by atoms with Crippen molar-refractivity contribution in [3.8, 4) is 0 Å². The number of aromatic nitrogens is 1. The first-order valence-electron chi connectivity index (χ1n) is 6.48. The van der Waals surface area contributed by atoms with Crippen LogP contribution in [-0.2, 0) is 10.0 Å². The van der Waals surface area contributed by atoms with Crippen molar-refractivity contribution in [3.05, 3.63) is 66.2 Å². The van der Waals surface area contributed by atoms with Crippen LogP contribution in [0, 0.1) is 0 Å². The van der Waals surface area contributed by atoms with Crippen LogP contribution in [0.2, 0.25) is 0 Å². The number of thiophene rings is 1. The third-order valence-electron chi connectivity index (χ3n) is 2.82. The molecule has 7 heteroatoms. The van der Waals surface area contributed by atoms with E-state index in [1.165, 1.54) is 0 Å². The fourth-order valence-corrected chi connectivity index (χ4v) is 3.82. The number of hydrogen-bond donors (Lipinski definition) is 2. The standard InChI is InChI=1S/C15H13N3O2S2/c19-22(20,15-7-4-10-21-15)18-14-9-8-13(11-16-14)17-12-5-2-1-3-6-12/h1-11,17H,(H,16,18). The van der Waals surface area contributed by atoms with Gasteiger partial charge in [0, 0.05) is 5.69 Å². The summed E-state index contributed by atoms with van der Waals surface area (Å²) in [5, 5.41) is 4.90. The Balaban J connectivity index is 1.72. The highest BCUT2D eigenvalue weighted by molar-refractivity contribution is 7.94. The van der Waals surface area contributed by atoms with E-state index in [1.54, 1.807) is 35.8 Å². The van der Waals surface area contributed by atoms with Crippen molar-refractivity contribution in [2.24, 2.45) is 0 Å². The summed E-state index contributed by atoms with van der Waals surface area (Å²) in [5.41, 5.74) is 1.72. The second kappa shape index (κ2) is 6.17. The Labute approximate surface area is 132 Å². The van der Waals surface area contributed by atoms with Crippen molar-refractivity contribution >= 4 is 38.6 Å². The molecule has 5 nitrogen and oxygen atoms in total. The number of sulfonamides is 1. The number of hydrogen-bond acceptors (Lipinski definition) is 5. The predicted octanol–water partition coefficient (Wildman–Crippen LogP) is 3.69. The number of pyridine rings is 1. The quantitative estimate of drug-likeness (QED) is 0.748. The third kappa shape index (κ3) is 3.44. The van der Waals surface area contributed by atoms with E-state index in [1.807, 2.05) is 30.3 Å². The normalized spacial score (nSPS) is 11.1. The summed E-state index contributed by atoms with van der Waals surface area (Å²) in [6.07, 6.45) is 1.58. The highest BCUT2D eigenvalue weighted by Gasteiger charge is 2.15. The van der Waals surface area contributed by atoms with E-state index in [4.69, 9.17) is 0 Å². The molecule has 0 atom stereocenters. The molecule has 0 aliphatic heterocycles. The lowest BCUT2D eigenvalue weighted by Crippen LogP contribution is -2.12. The smallest absolute Gasteiger partial charge is 0.272 e. The molecule has 0 saturated carbocycles. The molecule has 0 spiro atoms. The van der Waals surface area contributed by atoms with Crippen molar-refractivity contribution in [1.82, 2.24) is 4.98 Å². The van der Waals surface area contributed by atoms with Gasteiger partial charge in [-0.2, -0.15) is 0 Å². The zero-order chi connectivity index (χ0) is 15.4. The van der Waals surface area contributed by atoms with Crippen molar-refractivity contribution in [3.63, 3.8) is 0 Å². The van der Waals surface area contributed by atoms with Crippen LogP contribution in [-0.4, -0.2) is 13.4 Å². The predicted molar refractivity (Wildman–Crippen MR) is 89.1 cm³/mol. The van der Waals surface area contributed by atoms with E-state index >= 15 is 0 Å². The molecule has 0 bridgehead atoms. The Kier molecular flexibility index (Phi) is 4.08. The first kappa shape index (κ1) is 14.6. The highest BCUT2D eigenvalue weighted by Crippen LogP contribution is 2.21. The van der Waals surface area contributed by atoms with Crippen LogP contribution in [0.25, 0.3) is 0 Å². The molecule has 0 aliphatic carbocycles. The second-order valence-corrected chi connectivity index (χ2v) is 7.32. The lowest BCUT2D eigenvalue weighted by molar-refractivity contribution is 0.603. The molecule has 0 fully saturated rings. The Morgan fingerprint density at radius 2 is 1.73 bits per heavy atom. The first-order valence-corrected chi connectivity index (χ1v) is 8.84. The van der Waals surface area contributed by atoms with Gasteiger partial charge in [-0.25, -0.2) is 13.4 Å². The maximum atomic E-state index is 12.1. The molecule has 112 valence electrons. The molecule has 3 aromatic rings. The van der Waals surface area contributed by atoms with E-state index in [-0.39, 0.29) is 10.0 Å². The van der Waals surface area contributed by atoms with Gasteiger partial charge in [0.15, 0.2) is 0 Å². The van der Waals surface area contributed by atoms with Crippen LogP contribution >= 0.6 is 11.3 Å². The van der Waals surface area contributed by atoms with E-state index in [0.717, 1.165) is 22.7 Å². The van der Waals surface area contributed by atoms with Crippen molar-refractivity contribution in [1.29, 1.82) is 0 Å². The van der Waals surface area contributed by atoms with Crippen molar-refractivity contribution < 1.29 is 8.42 Å². The van der Waals surface area contributed by atoms with Crippen LogP contribution < -0.4 is 10.0 Å². The molecule has 3 rings (SSSR count). The molecule has 0 radical (unpaired) electrons. The SMILES string of the molecule is O=S(=O)(Nc1ccc(Nc2ccccc2)cn1)c1cccs1. The third-order valence-corrected chi connectivity index (χ3v) is 5.58. The average Bonchev–Trinajstić information content (AvgIpc) is 3.05. The van der Waals surface area contributed by atoms with Crippen LogP contribution in [0.1, 0.15) is 0 Å². The fraction of sp³-hybridized carbons (Fsp3) is 0. The van der Waals surface area contributed by atoms with Crippen LogP contribution in [0.4, 0.5) is 17.2 Å². The van der Waals surface area contributed by atoms with Gasteiger partial charge >= 0.3 is 0 Å². The molecule has 22 heavy (non-hydrogen) atoms. The number of anilines is 3. The van der Waals surface area contributed by atoms with Crippen LogP contribution in [0.15, 0.2) is 70.4 Å². The van der Waals surface area contributed by atoms with Gasteiger partial charge in [0.25, 0.3) is 10.0 Å². The van der Waals surface area contributed by atoms with Gasteiger partial charge in [-0.15, -0.1) is 11.3 Å². The summed E-state index contributed by atoms with van der Waals surface area (Å²) in [5.74, 6) is 0.284. The molecule has 2 aromatic heterocycles. The van der Waals surface area contributed by atoms with Crippen LogP contribution in [0.3, 0.4) is 0 Å². The molecule has 2 heterocycles. The lowest BCUT2D eigenvalue weighted by Gasteiger charge is -2.08. The van der Waals surface area contributed by atoms with Crippen molar-refractivity contribution in [2.75, 3.05) is 10.0 Å². The largest absolute Gasteiger partial charge is 0.354 e. The number of para-hydroxylation sites is 1. The first-order chi connectivity index (χ1) is 10.6. The minimum Gasteiger partial charge on any atom is -0.354 e. The average molecular weight is 331 g/mol. The Hall–Kier alpha value is -2.38. The van der Waals surface area contributed by atoms with E-state index in [9.17, 15) is 8.42 Å². The summed E-state index contributed by atoms with van der Waals surface area (Å²) < 4.78 is 26.9. The van der Waals surface area contributed by atoms with Crippen LogP contribution in [0.5, 0.6) is 0 Å².